The van der Waals surface area contributed by atoms with Crippen LogP contribution in [-0.4, -0.2) is 7.11 Å². The van der Waals surface area contributed by atoms with E-state index in [2.05, 4.69) is 13.8 Å². The van der Waals surface area contributed by atoms with Crippen LogP contribution in [-0.2, 0) is 0 Å². The molecule has 0 aliphatic heterocycles. The molecule has 0 aromatic carbocycles. The third kappa shape index (κ3) is 3.21. The van der Waals surface area contributed by atoms with Crippen molar-refractivity contribution in [3.05, 3.63) is 16.3 Å². The van der Waals surface area contributed by atoms with E-state index in [1.54, 1.807) is 18.4 Å². The van der Waals surface area contributed by atoms with Crippen molar-refractivity contribution in [2.24, 2.45) is 11.7 Å². The second-order valence-corrected chi connectivity index (χ2v) is 4.83. The van der Waals surface area contributed by atoms with Crippen molar-refractivity contribution in [2.45, 2.75) is 39.2 Å². The van der Waals surface area contributed by atoms with E-state index in [1.165, 1.54) is 17.7 Å². The number of rotatable bonds is 6. The van der Waals surface area contributed by atoms with Gasteiger partial charge >= 0.3 is 0 Å². The summed E-state index contributed by atoms with van der Waals surface area (Å²) in [4.78, 5) is 1.18. The Morgan fingerprint density at radius 2 is 2.07 bits per heavy atom. The lowest BCUT2D eigenvalue weighted by molar-refractivity contribution is 0.388. The normalized spacial score (nSPS) is 13.1. The van der Waals surface area contributed by atoms with Gasteiger partial charge in [-0.15, -0.1) is 11.3 Å². The van der Waals surface area contributed by atoms with Crippen LogP contribution in [0.1, 0.15) is 44.0 Å². The summed E-state index contributed by atoms with van der Waals surface area (Å²) in [6, 6.07) is 2.12. The van der Waals surface area contributed by atoms with E-state index in [1.807, 2.05) is 11.4 Å². The molecule has 1 aromatic rings. The monoisotopic (exact) mass is 227 g/mol. The predicted molar refractivity (Wildman–Crippen MR) is 66.5 cm³/mol. The van der Waals surface area contributed by atoms with Crippen LogP contribution >= 0.6 is 11.3 Å². The van der Waals surface area contributed by atoms with Gasteiger partial charge in [-0.3, -0.25) is 0 Å². The first-order valence-corrected chi connectivity index (χ1v) is 6.47. The number of methoxy groups -OCH3 is 1. The zero-order chi connectivity index (χ0) is 11.3. The first-order valence-electron chi connectivity index (χ1n) is 5.59. The Morgan fingerprint density at radius 1 is 1.40 bits per heavy atom. The van der Waals surface area contributed by atoms with Crippen molar-refractivity contribution in [3.8, 4) is 5.75 Å². The molecule has 3 heteroatoms. The zero-order valence-electron chi connectivity index (χ0n) is 9.82. The van der Waals surface area contributed by atoms with Gasteiger partial charge in [0, 0.05) is 6.04 Å². The van der Waals surface area contributed by atoms with E-state index in [-0.39, 0.29) is 6.04 Å². The Balaban J connectivity index is 2.63. The molecule has 1 aromatic heterocycles. The van der Waals surface area contributed by atoms with E-state index < -0.39 is 0 Å². The third-order valence-electron chi connectivity index (χ3n) is 2.96. The lowest BCUT2D eigenvalue weighted by Crippen LogP contribution is -2.14. The highest BCUT2D eigenvalue weighted by atomic mass is 32.1. The highest BCUT2D eigenvalue weighted by molar-refractivity contribution is 7.10. The molecule has 2 nitrogen and oxygen atoms in total. The fourth-order valence-corrected chi connectivity index (χ4v) is 2.71. The highest BCUT2D eigenvalue weighted by Gasteiger charge is 2.16. The van der Waals surface area contributed by atoms with Gasteiger partial charge in [-0.25, -0.2) is 0 Å². The van der Waals surface area contributed by atoms with Crippen LogP contribution < -0.4 is 10.5 Å². The van der Waals surface area contributed by atoms with Crippen LogP contribution in [0.25, 0.3) is 0 Å². The summed E-state index contributed by atoms with van der Waals surface area (Å²) in [7, 11) is 1.70. The molecule has 0 saturated carbocycles. The molecular weight excluding hydrogens is 206 g/mol. The fraction of sp³-hybridized carbons (Fsp3) is 0.667. The zero-order valence-corrected chi connectivity index (χ0v) is 10.6. The predicted octanol–water partition coefficient (Wildman–Crippen LogP) is 3.58. The minimum Gasteiger partial charge on any atom is -0.496 e. The van der Waals surface area contributed by atoms with Gasteiger partial charge in [-0.05, 0) is 23.8 Å². The first kappa shape index (κ1) is 12.5. The minimum absolute atomic E-state index is 0.129. The van der Waals surface area contributed by atoms with E-state index in [0.717, 1.165) is 18.1 Å². The molecule has 0 fully saturated rings. The molecule has 0 spiro atoms. The summed E-state index contributed by atoms with van der Waals surface area (Å²) < 4.78 is 5.29. The number of thiophene rings is 1. The number of hydrogen-bond acceptors (Lipinski definition) is 3. The summed E-state index contributed by atoms with van der Waals surface area (Å²) in [5.74, 6) is 1.67. The van der Waals surface area contributed by atoms with Gasteiger partial charge < -0.3 is 10.5 Å². The number of nitrogens with two attached hydrogens (primary N) is 1. The third-order valence-corrected chi connectivity index (χ3v) is 3.99. The highest BCUT2D eigenvalue weighted by Crippen LogP contribution is 2.33. The number of hydrogen-bond donors (Lipinski definition) is 1. The van der Waals surface area contributed by atoms with Crippen molar-refractivity contribution in [1.82, 2.24) is 0 Å². The van der Waals surface area contributed by atoms with Crippen molar-refractivity contribution >= 4 is 11.3 Å². The average molecular weight is 227 g/mol. The van der Waals surface area contributed by atoms with Crippen LogP contribution in [0.5, 0.6) is 5.75 Å². The SMILES string of the molecule is CCC(CC)CC(N)c1sccc1OC. The molecule has 0 amide bonds. The van der Waals surface area contributed by atoms with Gasteiger partial charge in [0.1, 0.15) is 5.75 Å². The maximum absolute atomic E-state index is 6.20. The fourth-order valence-electron chi connectivity index (χ4n) is 1.84. The Hall–Kier alpha value is -0.540. The molecule has 86 valence electrons. The molecule has 0 aliphatic rings. The second kappa shape index (κ2) is 6.13. The molecule has 0 saturated heterocycles. The quantitative estimate of drug-likeness (QED) is 0.806. The van der Waals surface area contributed by atoms with Crippen molar-refractivity contribution in [1.29, 1.82) is 0 Å². The average Bonchev–Trinajstić information content (AvgIpc) is 2.73. The molecule has 1 unspecified atom stereocenters. The Kier molecular flexibility index (Phi) is 5.12. The van der Waals surface area contributed by atoms with Gasteiger partial charge in [0.2, 0.25) is 0 Å². The lowest BCUT2D eigenvalue weighted by atomic mass is 9.94. The van der Waals surface area contributed by atoms with Crippen molar-refractivity contribution in [3.63, 3.8) is 0 Å². The van der Waals surface area contributed by atoms with Gasteiger partial charge in [0.25, 0.3) is 0 Å². The summed E-state index contributed by atoms with van der Waals surface area (Å²) in [5.41, 5.74) is 6.20. The first-order chi connectivity index (χ1) is 7.22. The molecule has 0 radical (unpaired) electrons. The number of ether oxygens (including phenoxy) is 1. The molecule has 0 bridgehead atoms. The van der Waals surface area contributed by atoms with Crippen molar-refractivity contribution in [2.75, 3.05) is 7.11 Å². The molecule has 1 rings (SSSR count). The molecule has 15 heavy (non-hydrogen) atoms. The largest absolute Gasteiger partial charge is 0.496 e. The molecule has 2 N–H and O–H groups in total. The van der Waals surface area contributed by atoms with Gasteiger partial charge in [0.05, 0.1) is 12.0 Å². The van der Waals surface area contributed by atoms with Crippen LogP contribution in [0.3, 0.4) is 0 Å². The van der Waals surface area contributed by atoms with E-state index >= 15 is 0 Å². The summed E-state index contributed by atoms with van der Waals surface area (Å²) in [5, 5.41) is 2.04. The van der Waals surface area contributed by atoms with Crippen LogP contribution in [0.4, 0.5) is 0 Å². The second-order valence-electron chi connectivity index (χ2n) is 3.88. The Bertz CT molecular complexity index is 281. The van der Waals surface area contributed by atoms with Gasteiger partial charge in [-0.1, -0.05) is 26.7 Å². The van der Waals surface area contributed by atoms with Crippen molar-refractivity contribution < 1.29 is 4.74 Å². The molecule has 0 aliphatic carbocycles. The Morgan fingerprint density at radius 3 is 2.60 bits per heavy atom. The minimum atomic E-state index is 0.129. The van der Waals surface area contributed by atoms with Gasteiger partial charge in [-0.2, -0.15) is 0 Å². The molecular formula is C12H21NOS. The topological polar surface area (TPSA) is 35.2 Å². The summed E-state index contributed by atoms with van der Waals surface area (Å²) >= 11 is 1.70. The van der Waals surface area contributed by atoms with Crippen LogP contribution in [0.15, 0.2) is 11.4 Å². The molecule has 1 heterocycles. The van der Waals surface area contributed by atoms with Crippen LogP contribution in [0.2, 0.25) is 0 Å². The maximum Gasteiger partial charge on any atom is 0.134 e. The van der Waals surface area contributed by atoms with Gasteiger partial charge in [0.15, 0.2) is 0 Å². The smallest absolute Gasteiger partial charge is 0.134 e. The Labute approximate surface area is 96.4 Å². The van der Waals surface area contributed by atoms with E-state index in [4.69, 9.17) is 10.5 Å². The maximum atomic E-state index is 6.20. The van der Waals surface area contributed by atoms with Crippen LogP contribution in [0, 0.1) is 5.92 Å². The summed E-state index contributed by atoms with van der Waals surface area (Å²) in [6.45, 7) is 4.46. The van der Waals surface area contributed by atoms with E-state index in [0.29, 0.717) is 0 Å². The molecule has 1 atom stereocenters. The van der Waals surface area contributed by atoms with E-state index in [9.17, 15) is 0 Å². The lowest BCUT2D eigenvalue weighted by Gasteiger charge is -2.18. The standard InChI is InChI=1S/C12H21NOS/c1-4-9(5-2)8-10(13)12-11(14-3)6-7-15-12/h6-7,9-10H,4-5,8,13H2,1-3H3. The summed E-state index contributed by atoms with van der Waals surface area (Å²) in [6.07, 6.45) is 3.47.